The van der Waals surface area contributed by atoms with E-state index in [-0.39, 0.29) is 11.9 Å². The molecule has 0 radical (unpaired) electrons. The van der Waals surface area contributed by atoms with Crippen LogP contribution in [0.4, 0.5) is 0 Å². The number of amides is 1. The monoisotopic (exact) mass is 318 g/mol. The first-order valence-corrected chi connectivity index (χ1v) is 8.60. The van der Waals surface area contributed by atoms with Crippen LogP contribution in [0.5, 0.6) is 0 Å². The molecule has 1 unspecified atom stereocenters. The number of carbonyl (C=O) groups is 1. The minimum absolute atomic E-state index is 0.271. The van der Waals surface area contributed by atoms with E-state index in [4.69, 9.17) is 0 Å². The van der Waals surface area contributed by atoms with E-state index < -0.39 is 0 Å². The fourth-order valence-corrected chi connectivity index (χ4v) is 3.78. The maximum absolute atomic E-state index is 12.4. The number of benzene rings is 2. The first kappa shape index (κ1) is 15.0. The second-order valence-corrected chi connectivity index (χ2v) is 6.65. The molecule has 4 rings (SSSR count). The van der Waals surface area contributed by atoms with Crippen LogP contribution in [0, 0.1) is 6.92 Å². The summed E-state index contributed by atoms with van der Waals surface area (Å²) in [6.07, 6.45) is 1.60. The first-order valence-electron chi connectivity index (χ1n) is 8.60. The highest BCUT2D eigenvalue weighted by Gasteiger charge is 2.31. The van der Waals surface area contributed by atoms with Crippen molar-refractivity contribution < 1.29 is 4.79 Å². The zero-order chi connectivity index (χ0) is 16.5. The van der Waals surface area contributed by atoms with Gasteiger partial charge in [-0.2, -0.15) is 0 Å². The molecule has 0 bridgehead atoms. The van der Waals surface area contributed by atoms with Crippen molar-refractivity contribution in [1.29, 1.82) is 0 Å². The van der Waals surface area contributed by atoms with Gasteiger partial charge in [0.05, 0.1) is 6.04 Å². The van der Waals surface area contributed by atoms with E-state index in [2.05, 4.69) is 58.9 Å². The summed E-state index contributed by atoms with van der Waals surface area (Å²) < 4.78 is 2.36. The molecule has 1 saturated heterocycles. The average molecular weight is 318 g/mol. The van der Waals surface area contributed by atoms with Gasteiger partial charge in [-0.3, -0.25) is 4.79 Å². The summed E-state index contributed by atoms with van der Waals surface area (Å²) in [4.78, 5) is 14.4. The largest absolute Gasteiger partial charge is 0.343 e. The summed E-state index contributed by atoms with van der Waals surface area (Å²) in [6, 6.07) is 21.3. The number of para-hydroxylation sites is 1. The standard InChI is InChI=1S/C21H22N2O/c1-16-13-18-9-5-6-10-20(18)22(16)15-19-11-12-21(24)23(19)14-17-7-3-2-4-8-17/h2-10,13,19H,11-12,14-15H2,1H3. The third-order valence-corrected chi connectivity index (χ3v) is 5.06. The van der Waals surface area contributed by atoms with Gasteiger partial charge in [0.2, 0.25) is 5.91 Å². The third-order valence-electron chi connectivity index (χ3n) is 5.06. The summed E-state index contributed by atoms with van der Waals surface area (Å²) in [5, 5.41) is 1.27. The van der Waals surface area contributed by atoms with Gasteiger partial charge in [-0.1, -0.05) is 48.5 Å². The van der Waals surface area contributed by atoms with Gasteiger partial charge in [-0.25, -0.2) is 0 Å². The van der Waals surface area contributed by atoms with E-state index in [1.54, 1.807) is 0 Å². The summed E-state index contributed by atoms with van der Waals surface area (Å²) in [7, 11) is 0. The van der Waals surface area contributed by atoms with Crippen LogP contribution in [0.2, 0.25) is 0 Å². The number of hydrogen-bond acceptors (Lipinski definition) is 1. The minimum atomic E-state index is 0.271. The van der Waals surface area contributed by atoms with Crippen LogP contribution in [-0.2, 0) is 17.9 Å². The van der Waals surface area contributed by atoms with Gasteiger partial charge in [-0.05, 0) is 36.4 Å². The number of fused-ring (bicyclic) bond motifs is 1. The maximum Gasteiger partial charge on any atom is 0.223 e. The highest BCUT2D eigenvalue weighted by molar-refractivity contribution is 5.81. The van der Waals surface area contributed by atoms with E-state index in [1.807, 2.05) is 18.2 Å². The lowest BCUT2D eigenvalue weighted by molar-refractivity contribution is -0.129. The van der Waals surface area contributed by atoms with Crippen molar-refractivity contribution in [2.24, 2.45) is 0 Å². The Kier molecular flexibility index (Phi) is 3.85. The molecule has 3 nitrogen and oxygen atoms in total. The van der Waals surface area contributed by atoms with Gasteiger partial charge < -0.3 is 9.47 Å². The van der Waals surface area contributed by atoms with E-state index in [1.165, 1.54) is 22.2 Å². The number of aromatic nitrogens is 1. The molecule has 0 spiro atoms. The van der Waals surface area contributed by atoms with Crippen molar-refractivity contribution in [1.82, 2.24) is 9.47 Å². The molecule has 0 N–H and O–H groups in total. The Morgan fingerprint density at radius 2 is 1.79 bits per heavy atom. The van der Waals surface area contributed by atoms with Crippen molar-refractivity contribution in [2.45, 2.75) is 38.9 Å². The van der Waals surface area contributed by atoms with Crippen LogP contribution in [-0.4, -0.2) is 21.4 Å². The summed E-state index contributed by atoms with van der Waals surface area (Å²) in [5.41, 5.74) is 3.72. The van der Waals surface area contributed by atoms with Crippen LogP contribution in [0.25, 0.3) is 10.9 Å². The minimum Gasteiger partial charge on any atom is -0.343 e. The van der Waals surface area contributed by atoms with Gasteiger partial charge in [0.1, 0.15) is 0 Å². The summed E-state index contributed by atoms with van der Waals surface area (Å²) >= 11 is 0. The number of rotatable bonds is 4. The van der Waals surface area contributed by atoms with Crippen LogP contribution in [0.3, 0.4) is 0 Å². The Hall–Kier alpha value is -2.55. The molecule has 3 aromatic rings. The number of likely N-dealkylation sites (tertiary alicyclic amines) is 1. The molecule has 1 fully saturated rings. The molecule has 0 aliphatic carbocycles. The second-order valence-electron chi connectivity index (χ2n) is 6.65. The van der Waals surface area contributed by atoms with Gasteiger partial charge in [0, 0.05) is 30.7 Å². The van der Waals surface area contributed by atoms with Gasteiger partial charge >= 0.3 is 0 Å². The normalized spacial score (nSPS) is 17.8. The molecule has 1 aliphatic rings. The molecule has 1 aliphatic heterocycles. The molecular formula is C21H22N2O. The zero-order valence-corrected chi connectivity index (χ0v) is 14.0. The molecule has 1 atom stereocenters. The number of carbonyl (C=O) groups excluding carboxylic acids is 1. The first-order chi connectivity index (χ1) is 11.7. The topological polar surface area (TPSA) is 25.2 Å². The van der Waals surface area contributed by atoms with Crippen LogP contribution in [0.1, 0.15) is 24.1 Å². The molecule has 0 saturated carbocycles. The fraction of sp³-hybridized carbons (Fsp3) is 0.286. The molecule has 2 heterocycles. The van der Waals surface area contributed by atoms with E-state index in [0.29, 0.717) is 13.0 Å². The Morgan fingerprint density at radius 3 is 2.62 bits per heavy atom. The summed E-state index contributed by atoms with van der Waals surface area (Å²) in [5.74, 6) is 0.276. The highest BCUT2D eigenvalue weighted by Crippen LogP contribution is 2.26. The smallest absolute Gasteiger partial charge is 0.223 e. The Labute approximate surface area is 142 Å². The van der Waals surface area contributed by atoms with E-state index >= 15 is 0 Å². The van der Waals surface area contributed by atoms with Crippen molar-refractivity contribution >= 4 is 16.8 Å². The average Bonchev–Trinajstić information content (AvgIpc) is 3.10. The highest BCUT2D eigenvalue weighted by atomic mass is 16.2. The molecule has 122 valence electrons. The third kappa shape index (κ3) is 2.71. The summed E-state index contributed by atoms with van der Waals surface area (Å²) in [6.45, 7) is 3.73. The molecule has 24 heavy (non-hydrogen) atoms. The van der Waals surface area contributed by atoms with E-state index in [9.17, 15) is 4.79 Å². The predicted octanol–water partition coefficient (Wildman–Crippen LogP) is 4.14. The predicted molar refractivity (Wildman–Crippen MR) is 96.7 cm³/mol. The SMILES string of the molecule is Cc1cc2ccccc2n1CC1CCC(=O)N1Cc1ccccc1. The van der Waals surface area contributed by atoms with Gasteiger partial charge in [-0.15, -0.1) is 0 Å². The van der Waals surface area contributed by atoms with Crippen LogP contribution < -0.4 is 0 Å². The lowest BCUT2D eigenvalue weighted by Crippen LogP contribution is -2.35. The second kappa shape index (κ2) is 6.16. The Balaban J connectivity index is 1.60. The van der Waals surface area contributed by atoms with E-state index in [0.717, 1.165) is 13.0 Å². The van der Waals surface area contributed by atoms with Crippen molar-refractivity contribution in [3.05, 3.63) is 71.9 Å². The Morgan fingerprint density at radius 1 is 1.04 bits per heavy atom. The van der Waals surface area contributed by atoms with Crippen molar-refractivity contribution in [3.8, 4) is 0 Å². The maximum atomic E-state index is 12.4. The number of aryl methyl sites for hydroxylation is 1. The van der Waals surface area contributed by atoms with Gasteiger partial charge in [0.25, 0.3) is 0 Å². The van der Waals surface area contributed by atoms with Crippen LogP contribution in [0.15, 0.2) is 60.7 Å². The lowest BCUT2D eigenvalue weighted by atomic mass is 10.1. The quantitative estimate of drug-likeness (QED) is 0.710. The molecular weight excluding hydrogens is 296 g/mol. The fourth-order valence-electron chi connectivity index (χ4n) is 3.78. The Bertz CT molecular complexity index is 866. The molecule has 1 amide bonds. The number of nitrogens with zero attached hydrogens (tertiary/aromatic N) is 2. The molecule has 2 aromatic carbocycles. The lowest BCUT2D eigenvalue weighted by Gasteiger charge is -2.26. The van der Waals surface area contributed by atoms with Crippen molar-refractivity contribution in [3.63, 3.8) is 0 Å². The molecule has 1 aromatic heterocycles. The van der Waals surface area contributed by atoms with Gasteiger partial charge in [0.15, 0.2) is 0 Å². The van der Waals surface area contributed by atoms with Crippen LogP contribution >= 0.6 is 0 Å². The van der Waals surface area contributed by atoms with Crippen molar-refractivity contribution in [2.75, 3.05) is 0 Å². The zero-order valence-electron chi connectivity index (χ0n) is 14.0. The number of hydrogen-bond donors (Lipinski definition) is 0. The molecule has 3 heteroatoms.